The molecule has 8 nitrogen and oxygen atoms in total. The first-order chi connectivity index (χ1) is 15.5. The van der Waals surface area contributed by atoms with Crippen LogP contribution in [0.4, 0.5) is 0 Å². The van der Waals surface area contributed by atoms with Gasteiger partial charge in [0.15, 0.2) is 11.5 Å². The summed E-state index contributed by atoms with van der Waals surface area (Å²) in [5, 5.41) is 0. The number of benzene rings is 1. The van der Waals surface area contributed by atoms with E-state index in [0.29, 0.717) is 48.0 Å². The molecule has 0 saturated carbocycles. The minimum Gasteiger partial charge on any atom is -0.493 e. The van der Waals surface area contributed by atoms with Crippen molar-refractivity contribution in [2.24, 2.45) is 0 Å². The Morgan fingerprint density at radius 2 is 1.78 bits per heavy atom. The topological polar surface area (TPSA) is 83.5 Å². The van der Waals surface area contributed by atoms with Crippen LogP contribution in [0.2, 0.25) is 0 Å². The molecule has 0 spiro atoms. The third kappa shape index (κ3) is 5.07. The lowest BCUT2D eigenvalue weighted by molar-refractivity contribution is -0.137. The molecule has 0 radical (unpaired) electrons. The Kier molecular flexibility index (Phi) is 8.16. The number of carbonyl (C=O) groups excluding carboxylic acids is 2. The molecule has 32 heavy (non-hydrogen) atoms. The van der Waals surface area contributed by atoms with Gasteiger partial charge in [0.05, 0.1) is 51.1 Å². The summed E-state index contributed by atoms with van der Waals surface area (Å²) in [6.45, 7) is 3.69. The fourth-order valence-corrected chi connectivity index (χ4v) is 4.03. The quantitative estimate of drug-likeness (QED) is 0.536. The van der Waals surface area contributed by atoms with Crippen molar-refractivity contribution in [3.63, 3.8) is 0 Å². The number of methoxy groups -OCH3 is 3. The van der Waals surface area contributed by atoms with E-state index in [0.717, 1.165) is 19.3 Å². The monoisotopic (exact) mass is 445 g/mol. The molecule has 0 N–H and O–H groups in total. The van der Waals surface area contributed by atoms with Gasteiger partial charge in [-0.15, -0.1) is 0 Å². The van der Waals surface area contributed by atoms with Gasteiger partial charge in [0.1, 0.15) is 0 Å². The molecule has 2 aliphatic heterocycles. The first-order valence-electron chi connectivity index (χ1n) is 10.8. The number of carbonyl (C=O) groups is 2. The molecule has 1 fully saturated rings. The van der Waals surface area contributed by atoms with Crippen molar-refractivity contribution in [2.45, 2.75) is 38.2 Å². The Morgan fingerprint density at radius 3 is 2.31 bits per heavy atom. The van der Waals surface area contributed by atoms with Crippen LogP contribution in [-0.2, 0) is 23.8 Å². The number of nitrogens with zero attached hydrogens (tertiary/aromatic N) is 1. The highest BCUT2D eigenvalue weighted by molar-refractivity contribution is 5.99. The smallest absolute Gasteiger partial charge is 0.336 e. The summed E-state index contributed by atoms with van der Waals surface area (Å²) >= 11 is 0. The van der Waals surface area contributed by atoms with Gasteiger partial charge >= 0.3 is 11.9 Å². The molecule has 2 aliphatic rings. The van der Waals surface area contributed by atoms with Crippen LogP contribution in [0.3, 0.4) is 0 Å². The maximum absolute atomic E-state index is 12.9. The Morgan fingerprint density at radius 1 is 1.09 bits per heavy atom. The summed E-state index contributed by atoms with van der Waals surface area (Å²) in [7, 11) is 4.19. The molecule has 1 aromatic rings. The summed E-state index contributed by atoms with van der Waals surface area (Å²) < 4.78 is 27.4. The van der Waals surface area contributed by atoms with Crippen LogP contribution in [-0.4, -0.2) is 64.0 Å². The van der Waals surface area contributed by atoms with E-state index in [1.54, 1.807) is 36.5 Å². The zero-order chi connectivity index (χ0) is 23.1. The van der Waals surface area contributed by atoms with Crippen molar-refractivity contribution in [3.8, 4) is 11.5 Å². The van der Waals surface area contributed by atoms with Crippen molar-refractivity contribution in [1.29, 1.82) is 0 Å². The molecule has 1 saturated heterocycles. The van der Waals surface area contributed by atoms with Gasteiger partial charge in [-0.1, -0.05) is 19.1 Å². The molecule has 174 valence electrons. The molecule has 2 heterocycles. The van der Waals surface area contributed by atoms with Crippen LogP contribution < -0.4 is 9.47 Å². The fourth-order valence-electron chi connectivity index (χ4n) is 4.03. The molecule has 0 bridgehead atoms. The highest BCUT2D eigenvalue weighted by Gasteiger charge is 2.38. The van der Waals surface area contributed by atoms with Crippen molar-refractivity contribution in [1.82, 2.24) is 4.90 Å². The molecule has 0 aromatic heterocycles. The minimum absolute atomic E-state index is 0.0251. The Labute approximate surface area is 188 Å². The first kappa shape index (κ1) is 23.7. The van der Waals surface area contributed by atoms with Gasteiger partial charge in [-0.25, -0.2) is 9.59 Å². The zero-order valence-corrected chi connectivity index (χ0v) is 19.1. The molecular formula is C24H31NO7. The van der Waals surface area contributed by atoms with Gasteiger partial charge < -0.3 is 28.6 Å². The van der Waals surface area contributed by atoms with Gasteiger partial charge in [0.2, 0.25) is 0 Å². The van der Waals surface area contributed by atoms with Crippen LogP contribution in [0, 0.1) is 0 Å². The van der Waals surface area contributed by atoms with Crippen LogP contribution in [0.1, 0.15) is 37.7 Å². The van der Waals surface area contributed by atoms with Gasteiger partial charge in [0, 0.05) is 31.1 Å². The predicted octanol–water partition coefficient (Wildman–Crippen LogP) is 3.18. The van der Waals surface area contributed by atoms with Crippen molar-refractivity contribution < 1.29 is 33.3 Å². The summed E-state index contributed by atoms with van der Waals surface area (Å²) in [4.78, 5) is 27.5. The van der Waals surface area contributed by atoms with Gasteiger partial charge in [0.25, 0.3) is 0 Å². The van der Waals surface area contributed by atoms with Crippen molar-refractivity contribution in [2.75, 3.05) is 41.1 Å². The molecule has 0 unspecified atom stereocenters. The average molecular weight is 446 g/mol. The molecular weight excluding hydrogens is 414 g/mol. The summed E-state index contributed by atoms with van der Waals surface area (Å²) in [6.07, 6.45) is 6.16. The van der Waals surface area contributed by atoms with Crippen molar-refractivity contribution >= 4 is 11.9 Å². The standard InChI is InChI=1S/C24H31NO7/c1-5-11-32-22-17(9-6-10-20(22)28-2)21-18(23(26)29-3)14-25(13-16-8-7-12-31-16)15-19(21)24(27)30-4/h6,9-10,14-16,21H,5,7-8,11-13H2,1-4H3/t16-/m0/s1. The highest BCUT2D eigenvalue weighted by atomic mass is 16.5. The average Bonchev–Trinajstić information content (AvgIpc) is 3.33. The van der Waals surface area contributed by atoms with E-state index in [1.807, 2.05) is 13.0 Å². The molecule has 3 rings (SSSR count). The minimum atomic E-state index is -0.738. The van der Waals surface area contributed by atoms with E-state index in [-0.39, 0.29) is 6.10 Å². The Balaban J connectivity index is 2.11. The van der Waals surface area contributed by atoms with Gasteiger partial charge in [-0.05, 0) is 25.3 Å². The summed E-state index contributed by atoms with van der Waals surface area (Å²) in [6, 6.07) is 5.40. The van der Waals surface area contributed by atoms with E-state index in [2.05, 4.69) is 0 Å². The van der Waals surface area contributed by atoms with Gasteiger partial charge in [-0.2, -0.15) is 0 Å². The van der Waals surface area contributed by atoms with Crippen LogP contribution in [0.15, 0.2) is 41.7 Å². The van der Waals surface area contributed by atoms with E-state index >= 15 is 0 Å². The number of hydrogen-bond donors (Lipinski definition) is 0. The zero-order valence-electron chi connectivity index (χ0n) is 19.1. The third-order valence-electron chi connectivity index (χ3n) is 5.50. The SMILES string of the molecule is CCCOc1c(OC)cccc1C1C(C(=O)OC)=CN(C[C@@H]2CCCO2)C=C1C(=O)OC. The molecule has 1 aromatic carbocycles. The molecule has 0 amide bonds. The maximum Gasteiger partial charge on any atom is 0.336 e. The number of ether oxygens (including phenoxy) is 5. The van der Waals surface area contributed by atoms with E-state index < -0.39 is 17.9 Å². The predicted molar refractivity (Wildman–Crippen MR) is 117 cm³/mol. The lowest BCUT2D eigenvalue weighted by Gasteiger charge is -2.32. The molecule has 1 atom stereocenters. The van der Waals surface area contributed by atoms with E-state index in [4.69, 9.17) is 23.7 Å². The van der Waals surface area contributed by atoms with Crippen LogP contribution in [0.25, 0.3) is 0 Å². The lowest BCUT2D eigenvalue weighted by atomic mass is 9.82. The van der Waals surface area contributed by atoms with Crippen LogP contribution in [0.5, 0.6) is 11.5 Å². The number of esters is 2. The van der Waals surface area contributed by atoms with E-state index in [9.17, 15) is 9.59 Å². The second-order valence-corrected chi connectivity index (χ2v) is 7.64. The third-order valence-corrected chi connectivity index (χ3v) is 5.50. The van der Waals surface area contributed by atoms with Gasteiger partial charge in [-0.3, -0.25) is 0 Å². The second kappa shape index (κ2) is 11.0. The Hall–Kier alpha value is -3.00. The normalized spacial score (nSPS) is 18.6. The first-order valence-corrected chi connectivity index (χ1v) is 10.8. The Bertz CT molecular complexity index is 852. The number of rotatable bonds is 9. The molecule has 8 heteroatoms. The maximum atomic E-state index is 12.9. The largest absolute Gasteiger partial charge is 0.493 e. The van der Waals surface area contributed by atoms with Crippen LogP contribution >= 0.6 is 0 Å². The lowest BCUT2D eigenvalue weighted by Crippen LogP contribution is -2.32. The van der Waals surface area contributed by atoms with Crippen molar-refractivity contribution in [3.05, 3.63) is 47.3 Å². The number of hydrogen-bond acceptors (Lipinski definition) is 8. The molecule has 0 aliphatic carbocycles. The highest BCUT2D eigenvalue weighted by Crippen LogP contribution is 2.44. The number of para-hydroxylation sites is 1. The fraction of sp³-hybridized carbons (Fsp3) is 0.500. The summed E-state index contributed by atoms with van der Waals surface area (Å²) in [5.41, 5.74) is 1.24. The summed E-state index contributed by atoms with van der Waals surface area (Å²) in [5.74, 6) is -0.806. The second-order valence-electron chi connectivity index (χ2n) is 7.64. The van der Waals surface area contributed by atoms with E-state index in [1.165, 1.54) is 14.2 Å².